The number of thioether (sulfide) groups is 1. The summed E-state index contributed by atoms with van der Waals surface area (Å²) in [5, 5.41) is 7.73. The molecule has 1 heterocycles. The molecule has 0 radical (unpaired) electrons. The van der Waals surface area contributed by atoms with Crippen molar-refractivity contribution in [1.29, 1.82) is 5.41 Å². The molecule has 0 amide bonds. The van der Waals surface area contributed by atoms with E-state index in [4.69, 9.17) is 11.1 Å². The molecule has 0 saturated carbocycles. The van der Waals surface area contributed by atoms with Crippen LogP contribution in [0.4, 0.5) is 18.9 Å². The number of anilines is 1. The van der Waals surface area contributed by atoms with E-state index in [1.807, 2.05) is 12.3 Å². The molecule has 0 aliphatic carbocycles. The van der Waals surface area contributed by atoms with Gasteiger partial charge in [0.2, 0.25) is 0 Å². The topological polar surface area (TPSA) is 53.1 Å². The van der Waals surface area contributed by atoms with Gasteiger partial charge in [-0.2, -0.15) is 13.2 Å². The summed E-state index contributed by atoms with van der Waals surface area (Å²) >= 11 is 1.44. The highest BCUT2D eigenvalue weighted by molar-refractivity contribution is 7.98. The molecule has 1 aromatic rings. The number of benzene rings is 1. The number of halogens is 3. The third-order valence-corrected chi connectivity index (χ3v) is 4.50. The highest BCUT2D eigenvalue weighted by atomic mass is 32.2. The van der Waals surface area contributed by atoms with Gasteiger partial charge in [0.05, 0.1) is 11.5 Å². The number of nitrogens with one attached hydrogen (secondary N) is 1. The van der Waals surface area contributed by atoms with Crippen LogP contribution in [-0.4, -0.2) is 31.4 Å². The molecule has 0 aromatic heterocycles. The van der Waals surface area contributed by atoms with Crippen LogP contribution in [0.1, 0.15) is 18.4 Å². The summed E-state index contributed by atoms with van der Waals surface area (Å²) in [7, 11) is 0. The third kappa shape index (κ3) is 3.45. The molecule has 116 valence electrons. The Morgan fingerprint density at radius 2 is 2.14 bits per heavy atom. The first-order chi connectivity index (χ1) is 9.84. The Labute approximate surface area is 126 Å². The van der Waals surface area contributed by atoms with Crippen molar-refractivity contribution in [2.24, 2.45) is 11.7 Å². The van der Waals surface area contributed by atoms with Crippen LogP contribution in [0.3, 0.4) is 0 Å². The second-order valence-electron chi connectivity index (χ2n) is 5.09. The largest absolute Gasteiger partial charge is 0.393 e. The lowest BCUT2D eigenvalue weighted by atomic mass is 9.96. The predicted molar refractivity (Wildman–Crippen MR) is 80.2 cm³/mol. The summed E-state index contributed by atoms with van der Waals surface area (Å²) < 4.78 is 38.8. The Bertz CT molecular complexity index is 531. The molecular formula is C14H18F3N3S. The Morgan fingerprint density at radius 3 is 2.71 bits per heavy atom. The predicted octanol–water partition coefficient (Wildman–Crippen LogP) is 3.47. The first-order valence-corrected chi connectivity index (χ1v) is 7.90. The fraction of sp³-hybridized carbons (Fsp3) is 0.500. The van der Waals surface area contributed by atoms with E-state index < -0.39 is 12.1 Å². The standard InChI is InChI=1S/C14H18F3N3S/c1-21-11-6-2-5-10(12(11)13(18)19)20-7-3-4-9(8-20)14(15,16)17/h2,5-6,9H,3-4,7-8H2,1H3,(H3,18,19). The quantitative estimate of drug-likeness (QED) is 0.510. The normalized spacial score (nSPS) is 19.6. The van der Waals surface area contributed by atoms with Crippen molar-refractivity contribution in [1.82, 2.24) is 0 Å². The molecule has 1 saturated heterocycles. The van der Waals surface area contributed by atoms with Gasteiger partial charge in [-0.15, -0.1) is 11.8 Å². The molecule has 1 unspecified atom stereocenters. The molecular weight excluding hydrogens is 299 g/mol. The fourth-order valence-corrected chi connectivity index (χ4v) is 3.32. The number of nitrogens with zero attached hydrogens (tertiary/aromatic N) is 1. The lowest BCUT2D eigenvalue weighted by molar-refractivity contribution is -0.175. The van der Waals surface area contributed by atoms with E-state index in [0.29, 0.717) is 24.2 Å². The maximum Gasteiger partial charge on any atom is 0.393 e. The van der Waals surface area contributed by atoms with Crippen LogP contribution < -0.4 is 10.6 Å². The zero-order valence-corrected chi connectivity index (χ0v) is 12.5. The minimum Gasteiger partial charge on any atom is -0.384 e. The Hall–Kier alpha value is -1.37. The maximum absolute atomic E-state index is 12.9. The van der Waals surface area contributed by atoms with Crippen molar-refractivity contribution < 1.29 is 13.2 Å². The van der Waals surface area contributed by atoms with Gasteiger partial charge in [-0.1, -0.05) is 6.07 Å². The van der Waals surface area contributed by atoms with Crippen LogP contribution in [0.25, 0.3) is 0 Å². The molecule has 3 nitrogen and oxygen atoms in total. The molecule has 1 aromatic carbocycles. The van der Waals surface area contributed by atoms with Crippen molar-refractivity contribution in [3.05, 3.63) is 23.8 Å². The van der Waals surface area contributed by atoms with Crippen LogP contribution in [0, 0.1) is 11.3 Å². The van der Waals surface area contributed by atoms with Gasteiger partial charge in [-0.25, -0.2) is 0 Å². The summed E-state index contributed by atoms with van der Waals surface area (Å²) in [5.41, 5.74) is 6.80. The van der Waals surface area contributed by atoms with Crippen molar-refractivity contribution in [3.63, 3.8) is 0 Å². The van der Waals surface area contributed by atoms with Crippen LogP contribution in [0.15, 0.2) is 23.1 Å². The van der Waals surface area contributed by atoms with E-state index >= 15 is 0 Å². The molecule has 1 aliphatic rings. The van der Waals surface area contributed by atoms with E-state index in [1.54, 1.807) is 17.0 Å². The van der Waals surface area contributed by atoms with E-state index in [1.165, 1.54) is 11.8 Å². The number of rotatable bonds is 3. The second kappa shape index (κ2) is 6.17. The van der Waals surface area contributed by atoms with Gasteiger partial charge in [0.25, 0.3) is 0 Å². The van der Waals surface area contributed by atoms with Crippen molar-refractivity contribution in [2.45, 2.75) is 23.9 Å². The second-order valence-corrected chi connectivity index (χ2v) is 5.94. The molecule has 1 aliphatic heterocycles. The van der Waals surface area contributed by atoms with Crippen LogP contribution >= 0.6 is 11.8 Å². The molecule has 3 N–H and O–H groups in total. The number of alkyl halides is 3. The Morgan fingerprint density at radius 1 is 1.43 bits per heavy atom. The third-order valence-electron chi connectivity index (χ3n) is 3.72. The Balaban J connectivity index is 2.35. The van der Waals surface area contributed by atoms with E-state index in [-0.39, 0.29) is 18.8 Å². The van der Waals surface area contributed by atoms with Crippen molar-refractivity contribution in [2.75, 3.05) is 24.2 Å². The lowest BCUT2D eigenvalue weighted by Gasteiger charge is -2.36. The number of nitrogens with two attached hydrogens (primary N) is 1. The smallest absolute Gasteiger partial charge is 0.384 e. The van der Waals surface area contributed by atoms with Gasteiger partial charge in [-0.05, 0) is 31.2 Å². The molecule has 1 atom stereocenters. The van der Waals surface area contributed by atoms with Gasteiger partial charge in [0, 0.05) is 23.7 Å². The number of piperidine rings is 1. The fourth-order valence-electron chi connectivity index (χ4n) is 2.69. The van der Waals surface area contributed by atoms with Gasteiger partial charge < -0.3 is 10.6 Å². The lowest BCUT2D eigenvalue weighted by Crippen LogP contribution is -2.42. The Kier molecular flexibility index (Phi) is 4.70. The van der Waals surface area contributed by atoms with Crippen LogP contribution in [0.2, 0.25) is 0 Å². The number of amidine groups is 1. The average molecular weight is 317 g/mol. The molecule has 7 heteroatoms. The maximum atomic E-state index is 12.9. The minimum absolute atomic E-state index is 0.0678. The van der Waals surface area contributed by atoms with Crippen LogP contribution in [0.5, 0.6) is 0 Å². The minimum atomic E-state index is -4.17. The zero-order valence-electron chi connectivity index (χ0n) is 11.7. The molecule has 0 bridgehead atoms. The SMILES string of the molecule is CSc1cccc(N2CCCC(C(F)(F)F)C2)c1C(=N)N. The van der Waals surface area contributed by atoms with Crippen molar-refractivity contribution in [3.8, 4) is 0 Å². The van der Waals surface area contributed by atoms with E-state index in [9.17, 15) is 13.2 Å². The van der Waals surface area contributed by atoms with Gasteiger partial charge in [0.15, 0.2) is 0 Å². The number of nitrogen functional groups attached to an aromatic ring is 1. The summed E-state index contributed by atoms with van der Waals surface area (Å²) in [6.45, 7) is 0.492. The van der Waals surface area contributed by atoms with E-state index in [0.717, 1.165) is 4.90 Å². The van der Waals surface area contributed by atoms with Gasteiger partial charge in [0.1, 0.15) is 5.84 Å². The number of hydrogen-bond donors (Lipinski definition) is 2. The summed E-state index contributed by atoms with van der Waals surface area (Å²) in [4.78, 5) is 2.52. The summed E-state index contributed by atoms with van der Waals surface area (Å²) in [6.07, 6.45) is -1.66. The zero-order chi connectivity index (χ0) is 15.6. The first kappa shape index (κ1) is 16.0. The van der Waals surface area contributed by atoms with Crippen LogP contribution in [-0.2, 0) is 0 Å². The molecule has 0 spiro atoms. The monoisotopic (exact) mass is 317 g/mol. The highest BCUT2D eigenvalue weighted by Gasteiger charge is 2.42. The molecule has 2 rings (SSSR count). The van der Waals surface area contributed by atoms with Gasteiger partial charge in [-0.3, -0.25) is 5.41 Å². The van der Waals surface area contributed by atoms with E-state index in [2.05, 4.69) is 0 Å². The first-order valence-electron chi connectivity index (χ1n) is 6.67. The summed E-state index contributed by atoms with van der Waals surface area (Å²) in [6, 6.07) is 5.37. The highest BCUT2D eigenvalue weighted by Crippen LogP contribution is 2.37. The van der Waals surface area contributed by atoms with Crippen molar-refractivity contribution >= 4 is 23.3 Å². The number of hydrogen-bond acceptors (Lipinski definition) is 3. The summed E-state index contributed by atoms with van der Waals surface area (Å²) in [5.74, 6) is -1.42. The molecule has 1 fully saturated rings. The van der Waals surface area contributed by atoms with Gasteiger partial charge >= 0.3 is 6.18 Å². The molecule has 21 heavy (non-hydrogen) atoms. The average Bonchev–Trinajstić information content (AvgIpc) is 2.45.